The molecule has 6 nitrogen and oxygen atoms in total. The fraction of sp³-hybridized carbons (Fsp3) is 0.267. The van der Waals surface area contributed by atoms with E-state index in [0.717, 1.165) is 53.3 Å². The Kier molecular flexibility index (Phi) is 7.43. The minimum absolute atomic E-state index is 0.230. The number of ether oxygens (including phenoxy) is 2. The van der Waals surface area contributed by atoms with E-state index in [2.05, 4.69) is 11.0 Å². The molecular weight excluding hydrogens is 450 g/mol. The average molecular weight is 482 g/mol. The third-order valence-electron chi connectivity index (χ3n) is 6.50. The van der Waals surface area contributed by atoms with Crippen LogP contribution in [0.5, 0.6) is 11.8 Å². The van der Waals surface area contributed by atoms with Crippen LogP contribution in [0.25, 0.3) is 11.3 Å². The number of pyridine rings is 2. The zero-order valence-corrected chi connectivity index (χ0v) is 20.5. The number of benzene rings is 2. The number of aryl methyl sites for hydroxylation is 1. The molecule has 2 aromatic heterocycles. The molecule has 1 aliphatic rings. The fourth-order valence-corrected chi connectivity index (χ4v) is 4.50. The normalized spacial score (nSPS) is 15.2. The number of hydrogen-bond donors (Lipinski definition) is 1. The van der Waals surface area contributed by atoms with Crippen molar-refractivity contribution in [2.75, 3.05) is 24.6 Å². The van der Waals surface area contributed by atoms with E-state index in [1.807, 2.05) is 85.8 Å². The van der Waals surface area contributed by atoms with Gasteiger partial charge in [-0.15, -0.1) is 0 Å². The van der Waals surface area contributed by atoms with Crippen LogP contribution in [0.4, 0.5) is 5.69 Å². The molecule has 0 aliphatic carbocycles. The quantitative estimate of drug-likeness (QED) is 0.344. The summed E-state index contributed by atoms with van der Waals surface area (Å²) in [6.07, 6.45) is 1.00. The van der Waals surface area contributed by atoms with Gasteiger partial charge in [-0.25, -0.2) is 0 Å². The predicted molar refractivity (Wildman–Crippen MR) is 141 cm³/mol. The number of hydrogen-bond acceptors (Lipinski definition) is 6. The Balaban J connectivity index is 1.40. The van der Waals surface area contributed by atoms with Crippen molar-refractivity contribution in [2.24, 2.45) is 5.92 Å². The molecule has 1 atom stereocenters. The smallest absolute Gasteiger partial charge is 0.226 e. The van der Waals surface area contributed by atoms with Gasteiger partial charge < -0.3 is 19.5 Å². The van der Waals surface area contributed by atoms with Crippen molar-refractivity contribution in [3.05, 3.63) is 102 Å². The van der Waals surface area contributed by atoms with Gasteiger partial charge >= 0.3 is 0 Å². The monoisotopic (exact) mass is 481 g/mol. The van der Waals surface area contributed by atoms with Crippen molar-refractivity contribution in [3.63, 3.8) is 0 Å². The van der Waals surface area contributed by atoms with Crippen LogP contribution in [0, 0.1) is 12.8 Å². The second-order valence-electron chi connectivity index (χ2n) is 9.14. The molecule has 0 radical (unpaired) electrons. The minimum atomic E-state index is 0.230. The first-order valence-corrected chi connectivity index (χ1v) is 12.4. The molecule has 4 aromatic rings. The van der Waals surface area contributed by atoms with Gasteiger partial charge in [0.05, 0.1) is 22.6 Å². The van der Waals surface area contributed by atoms with Crippen molar-refractivity contribution in [1.29, 1.82) is 0 Å². The summed E-state index contributed by atoms with van der Waals surface area (Å²) in [5.74, 6) is 1.33. The minimum Gasteiger partial charge on any atom is -0.473 e. The second-order valence-corrected chi connectivity index (χ2v) is 9.14. The SMILES string of the molecule is Cc1nc(-c2ccc(OCc3ccccc3)nc2OCc2ccccc2)ccc1N1CC[C@@H](CO)C1. The molecular formula is C30H31N3O3. The van der Waals surface area contributed by atoms with Gasteiger partial charge in [-0.1, -0.05) is 60.7 Å². The Morgan fingerprint density at radius 2 is 1.53 bits per heavy atom. The van der Waals surface area contributed by atoms with E-state index in [9.17, 15) is 5.11 Å². The van der Waals surface area contributed by atoms with Crippen LogP contribution in [0.3, 0.4) is 0 Å². The lowest BCUT2D eigenvalue weighted by atomic mass is 10.1. The lowest BCUT2D eigenvalue weighted by molar-refractivity contribution is 0.238. The van der Waals surface area contributed by atoms with E-state index in [-0.39, 0.29) is 6.61 Å². The third-order valence-corrected chi connectivity index (χ3v) is 6.50. The Morgan fingerprint density at radius 3 is 2.17 bits per heavy atom. The molecule has 5 rings (SSSR count). The van der Waals surface area contributed by atoms with Crippen molar-refractivity contribution < 1.29 is 14.6 Å². The lowest BCUT2D eigenvalue weighted by Crippen LogP contribution is -2.21. The molecule has 0 amide bonds. The molecule has 0 unspecified atom stereocenters. The van der Waals surface area contributed by atoms with Crippen LogP contribution >= 0.6 is 0 Å². The molecule has 184 valence electrons. The van der Waals surface area contributed by atoms with E-state index < -0.39 is 0 Å². The van der Waals surface area contributed by atoms with Gasteiger partial charge in [0.2, 0.25) is 11.8 Å². The maximum Gasteiger partial charge on any atom is 0.226 e. The van der Waals surface area contributed by atoms with Crippen LogP contribution in [-0.4, -0.2) is 34.8 Å². The van der Waals surface area contributed by atoms with Crippen molar-refractivity contribution in [2.45, 2.75) is 26.6 Å². The fourth-order valence-electron chi connectivity index (χ4n) is 4.50. The molecule has 1 saturated heterocycles. The Hall–Kier alpha value is -3.90. The summed E-state index contributed by atoms with van der Waals surface area (Å²) in [6.45, 7) is 4.89. The summed E-state index contributed by atoms with van der Waals surface area (Å²) in [4.78, 5) is 11.9. The number of nitrogens with zero attached hydrogens (tertiary/aromatic N) is 3. The summed E-state index contributed by atoms with van der Waals surface area (Å²) in [5, 5.41) is 9.51. The molecule has 0 bridgehead atoms. The molecule has 1 fully saturated rings. The Labute approximate surface area is 212 Å². The number of anilines is 1. The van der Waals surface area contributed by atoms with Crippen molar-refractivity contribution in [3.8, 4) is 23.0 Å². The highest BCUT2D eigenvalue weighted by atomic mass is 16.5. The molecule has 0 spiro atoms. The Bertz CT molecular complexity index is 1280. The van der Waals surface area contributed by atoms with E-state index in [0.29, 0.717) is 30.9 Å². The van der Waals surface area contributed by atoms with Crippen LogP contribution in [0.2, 0.25) is 0 Å². The molecule has 1 aliphatic heterocycles. The Morgan fingerprint density at radius 1 is 0.833 bits per heavy atom. The van der Waals surface area contributed by atoms with Gasteiger partial charge in [0.1, 0.15) is 13.2 Å². The first-order chi connectivity index (χ1) is 17.7. The third kappa shape index (κ3) is 5.66. The number of aliphatic hydroxyl groups is 1. The van der Waals surface area contributed by atoms with Gasteiger partial charge in [0.25, 0.3) is 0 Å². The van der Waals surface area contributed by atoms with Crippen LogP contribution in [0.1, 0.15) is 23.2 Å². The topological polar surface area (TPSA) is 67.7 Å². The summed E-state index contributed by atoms with van der Waals surface area (Å²) in [7, 11) is 0. The first-order valence-electron chi connectivity index (χ1n) is 12.4. The first kappa shape index (κ1) is 23.8. The zero-order valence-electron chi connectivity index (χ0n) is 20.5. The van der Waals surface area contributed by atoms with Gasteiger partial charge in [0, 0.05) is 31.7 Å². The van der Waals surface area contributed by atoms with Gasteiger partial charge in [0.15, 0.2) is 0 Å². The molecule has 6 heteroatoms. The summed E-state index contributed by atoms with van der Waals surface area (Å²) < 4.78 is 12.2. The second kappa shape index (κ2) is 11.2. The molecule has 36 heavy (non-hydrogen) atoms. The summed E-state index contributed by atoms with van der Waals surface area (Å²) in [6, 6.07) is 28.0. The molecule has 0 saturated carbocycles. The summed E-state index contributed by atoms with van der Waals surface area (Å²) >= 11 is 0. The predicted octanol–water partition coefficient (Wildman–Crippen LogP) is 5.43. The van der Waals surface area contributed by atoms with Crippen LogP contribution in [-0.2, 0) is 13.2 Å². The van der Waals surface area contributed by atoms with Crippen LogP contribution in [0.15, 0.2) is 84.9 Å². The highest BCUT2D eigenvalue weighted by Gasteiger charge is 2.24. The van der Waals surface area contributed by atoms with E-state index >= 15 is 0 Å². The lowest BCUT2D eigenvalue weighted by Gasteiger charge is -2.21. The number of aliphatic hydroxyl groups excluding tert-OH is 1. The molecule has 2 aromatic carbocycles. The maximum atomic E-state index is 9.51. The highest BCUT2D eigenvalue weighted by Crippen LogP contribution is 2.33. The van der Waals surface area contributed by atoms with E-state index in [1.165, 1.54) is 0 Å². The highest BCUT2D eigenvalue weighted by molar-refractivity contribution is 5.68. The summed E-state index contributed by atoms with van der Waals surface area (Å²) in [5.41, 5.74) is 5.82. The number of aromatic nitrogens is 2. The zero-order chi connectivity index (χ0) is 24.7. The standard InChI is InChI=1S/C30H31N3O3/c1-22-28(33-17-16-25(18-33)19-34)14-13-27(31-22)26-12-15-29(35-20-23-8-4-2-5-9-23)32-30(26)36-21-24-10-6-3-7-11-24/h2-15,25,34H,16-21H2,1H3/t25-/m1/s1. The number of rotatable bonds is 9. The molecule has 3 heterocycles. The average Bonchev–Trinajstić information content (AvgIpc) is 3.41. The maximum absolute atomic E-state index is 9.51. The largest absolute Gasteiger partial charge is 0.473 e. The van der Waals surface area contributed by atoms with Crippen LogP contribution < -0.4 is 14.4 Å². The van der Waals surface area contributed by atoms with Gasteiger partial charge in [-0.2, -0.15) is 4.98 Å². The van der Waals surface area contributed by atoms with Crippen molar-refractivity contribution in [1.82, 2.24) is 9.97 Å². The van der Waals surface area contributed by atoms with E-state index in [4.69, 9.17) is 19.4 Å². The van der Waals surface area contributed by atoms with E-state index in [1.54, 1.807) is 0 Å². The van der Waals surface area contributed by atoms with Gasteiger partial charge in [-0.3, -0.25) is 4.98 Å². The molecule has 1 N–H and O–H groups in total. The van der Waals surface area contributed by atoms with Crippen molar-refractivity contribution >= 4 is 5.69 Å². The van der Waals surface area contributed by atoms with Gasteiger partial charge in [-0.05, 0) is 42.7 Å².